The van der Waals surface area contributed by atoms with Gasteiger partial charge in [-0.25, -0.2) is 17.6 Å². The van der Waals surface area contributed by atoms with Crippen LogP contribution in [0.1, 0.15) is 26.2 Å². The molecule has 2 aliphatic carbocycles. The van der Waals surface area contributed by atoms with Crippen LogP contribution in [0.15, 0.2) is 23.8 Å². The Hall–Kier alpha value is 0.813. The molecule has 71 valence electrons. The molecule has 0 amide bonds. The van der Waals surface area contributed by atoms with Crippen molar-refractivity contribution >= 4 is 0 Å². The van der Waals surface area contributed by atoms with Gasteiger partial charge in [0.2, 0.25) is 0 Å². The molecule has 0 heterocycles. The molecule has 0 spiro atoms. The Morgan fingerprint density at radius 3 is 2.69 bits per heavy atom. The van der Waals surface area contributed by atoms with E-state index in [1.54, 1.807) is 11.5 Å². The fourth-order valence-corrected chi connectivity index (χ4v) is 1.98. The van der Waals surface area contributed by atoms with Gasteiger partial charge in [0.1, 0.15) is 0 Å². The molecule has 3 heteroatoms. The van der Waals surface area contributed by atoms with Gasteiger partial charge in [0.05, 0.1) is 0 Å². The van der Waals surface area contributed by atoms with Crippen LogP contribution in [0, 0.1) is 11.8 Å². The second-order valence-corrected chi connectivity index (χ2v) is 3.30. The van der Waals surface area contributed by atoms with Crippen molar-refractivity contribution in [3.05, 3.63) is 29.7 Å². The molecule has 0 aromatic rings. The summed E-state index contributed by atoms with van der Waals surface area (Å²) >= 11 is 0. The van der Waals surface area contributed by atoms with E-state index in [2.05, 4.69) is 25.2 Å². The first kappa shape index (κ1) is 16.3. The standard InChI is InChI=1S/C10H13.2ClH.Zr/c1-8-6-7-9-4-2-3-5-10(8)9;;;/h2-3,5,9H,4,6-7H2,1H3;2*1H;/q-1;;;+3/p-2. The Morgan fingerprint density at radius 1 is 1.38 bits per heavy atom. The molecule has 2 rings (SSSR count). The fourth-order valence-electron chi connectivity index (χ4n) is 1.98. The zero-order chi connectivity index (χ0) is 6.97. The van der Waals surface area contributed by atoms with Crippen molar-refractivity contribution in [3.8, 4) is 0 Å². The Bertz CT molecular complexity index is 199. The van der Waals surface area contributed by atoms with Crippen LogP contribution >= 0.6 is 0 Å². The smallest absolute Gasteiger partial charge is 1.00 e. The van der Waals surface area contributed by atoms with Gasteiger partial charge in [0.15, 0.2) is 0 Å². The summed E-state index contributed by atoms with van der Waals surface area (Å²) in [6.07, 6.45) is 10.8. The third kappa shape index (κ3) is 3.46. The maximum atomic E-state index is 2.29. The molecular weight excluding hydrogens is 282 g/mol. The summed E-state index contributed by atoms with van der Waals surface area (Å²) in [7, 11) is 0. The molecule has 0 saturated heterocycles. The topological polar surface area (TPSA) is 0 Å². The molecule has 1 radical (unpaired) electrons. The maximum Gasteiger partial charge on any atom is 3.00 e. The van der Waals surface area contributed by atoms with E-state index in [-0.39, 0.29) is 51.0 Å². The van der Waals surface area contributed by atoms with Crippen LogP contribution < -0.4 is 24.8 Å². The maximum absolute atomic E-state index is 2.29. The van der Waals surface area contributed by atoms with Crippen LogP contribution in [0.5, 0.6) is 0 Å². The van der Waals surface area contributed by atoms with E-state index in [0.29, 0.717) is 0 Å². The predicted octanol–water partition coefficient (Wildman–Crippen LogP) is -3.12. The van der Waals surface area contributed by atoms with E-state index in [9.17, 15) is 0 Å². The summed E-state index contributed by atoms with van der Waals surface area (Å²) in [6, 6.07) is 0. The Morgan fingerprint density at radius 2 is 2.08 bits per heavy atom. The van der Waals surface area contributed by atoms with E-state index in [1.165, 1.54) is 19.3 Å². The number of fused-ring (bicyclic) bond motifs is 1. The molecule has 1 fully saturated rings. The molecule has 0 aliphatic heterocycles. The molecule has 0 N–H and O–H groups in total. The van der Waals surface area contributed by atoms with Gasteiger partial charge >= 0.3 is 26.2 Å². The van der Waals surface area contributed by atoms with Gasteiger partial charge < -0.3 is 24.8 Å². The summed E-state index contributed by atoms with van der Waals surface area (Å²) in [4.78, 5) is 0. The number of hydrogen-bond acceptors (Lipinski definition) is 0. The number of halogens is 2. The summed E-state index contributed by atoms with van der Waals surface area (Å²) in [6.45, 7) is 2.27. The van der Waals surface area contributed by atoms with Crippen molar-refractivity contribution < 1.29 is 51.0 Å². The largest absolute Gasteiger partial charge is 3.00 e. The fraction of sp³-hybridized carbons (Fsp3) is 0.500. The van der Waals surface area contributed by atoms with E-state index < -0.39 is 0 Å². The normalized spacial score (nSPS) is 23.3. The third-order valence-electron chi connectivity index (χ3n) is 2.63. The summed E-state index contributed by atoms with van der Waals surface area (Å²) in [5.41, 5.74) is 1.63. The second-order valence-electron chi connectivity index (χ2n) is 3.30. The van der Waals surface area contributed by atoms with Crippen molar-refractivity contribution in [3.63, 3.8) is 0 Å². The van der Waals surface area contributed by atoms with Crippen molar-refractivity contribution in [1.82, 2.24) is 0 Å². The van der Waals surface area contributed by atoms with Crippen LogP contribution in [-0.2, 0) is 26.2 Å². The van der Waals surface area contributed by atoms with Crippen LogP contribution in [0.3, 0.4) is 0 Å². The molecule has 1 atom stereocenters. The molecule has 13 heavy (non-hydrogen) atoms. The first-order valence-corrected chi connectivity index (χ1v) is 4.07. The molecule has 0 aromatic heterocycles. The third-order valence-corrected chi connectivity index (χ3v) is 2.63. The van der Waals surface area contributed by atoms with E-state index >= 15 is 0 Å². The quantitative estimate of drug-likeness (QED) is 0.415. The van der Waals surface area contributed by atoms with Crippen LogP contribution in [0.25, 0.3) is 0 Å². The Balaban J connectivity index is 0. The molecular formula is C10H13Cl2Zr. The first-order chi connectivity index (χ1) is 4.88. The van der Waals surface area contributed by atoms with Gasteiger partial charge in [-0.05, 0) is 12.3 Å². The average molecular weight is 295 g/mol. The second kappa shape index (κ2) is 7.15. The molecule has 0 bridgehead atoms. The monoisotopic (exact) mass is 293 g/mol. The number of rotatable bonds is 0. The number of hydrogen-bond donors (Lipinski definition) is 0. The van der Waals surface area contributed by atoms with Crippen molar-refractivity contribution in [2.24, 2.45) is 5.92 Å². The van der Waals surface area contributed by atoms with Crippen molar-refractivity contribution in [1.29, 1.82) is 0 Å². The van der Waals surface area contributed by atoms with Gasteiger partial charge in [-0.2, -0.15) is 0 Å². The van der Waals surface area contributed by atoms with Crippen molar-refractivity contribution in [2.75, 3.05) is 0 Å². The molecule has 1 saturated carbocycles. The van der Waals surface area contributed by atoms with Crippen LogP contribution in [0.2, 0.25) is 0 Å². The van der Waals surface area contributed by atoms with Crippen molar-refractivity contribution in [2.45, 2.75) is 26.2 Å². The molecule has 0 nitrogen and oxygen atoms in total. The Kier molecular flexibility index (Phi) is 8.94. The minimum Gasteiger partial charge on any atom is -1.00 e. The van der Waals surface area contributed by atoms with Gasteiger partial charge in [-0.1, -0.05) is 12.8 Å². The van der Waals surface area contributed by atoms with Gasteiger partial charge in [-0.15, -0.1) is 19.1 Å². The van der Waals surface area contributed by atoms with Gasteiger partial charge in [-0.3, -0.25) is 0 Å². The van der Waals surface area contributed by atoms with E-state index in [4.69, 9.17) is 0 Å². The zero-order valence-corrected chi connectivity index (χ0v) is 11.7. The van der Waals surface area contributed by atoms with E-state index in [1.807, 2.05) is 0 Å². The molecule has 2 aliphatic rings. The summed E-state index contributed by atoms with van der Waals surface area (Å²) in [5, 5.41) is 0. The number of allylic oxidation sites excluding steroid dienone is 4. The van der Waals surface area contributed by atoms with Gasteiger partial charge in [0.25, 0.3) is 0 Å². The first-order valence-electron chi connectivity index (χ1n) is 4.07. The summed E-state index contributed by atoms with van der Waals surface area (Å²) < 4.78 is 0. The Labute approximate surface area is 112 Å². The van der Waals surface area contributed by atoms with Gasteiger partial charge in [0, 0.05) is 0 Å². The SMILES string of the molecule is C[C-]1CCC2CC=CC=C12.[Cl-].[Cl-].[Zr+3]. The summed E-state index contributed by atoms with van der Waals surface area (Å²) in [5.74, 6) is 2.50. The minimum absolute atomic E-state index is 0. The minimum atomic E-state index is 0. The van der Waals surface area contributed by atoms with Crippen LogP contribution in [0.4, 0.5) is 0 Å². The molecule has 1 unspecified atom stereocenters. The zero-order valence-electron chi connectivity index (χ0n) is 7.69. The predicted molar refractivity (Wildman–Crippen MR) is 43.5 cm³/mol. The van der Waals surface area contributed by atoms with Crippen LogP contribution in [-0.4, -0.2) is 0 Å². The average Bonchev–Trinajstić information content (AvgIpc) is 2.34. The molecule has 0 aromatic carbocycles. The van der Waals surface area contributed by atoms with E-state index in [0.717, 1.165) is 5.92 Å².